The Morgan fingerprint density at radius 2 is 2.00 bits per heavy atom. The summed E-state index contributed by atoms with van der Waals surface area (Å²) in [6.07, 6.45) is 1.16. The number of carbonyl (C=O) groups is 1. The zero-order chi connectivity index (χ0) is 17.4. The van der Waals surface area contributed by atoms with Crippen molar-refractivity contribution in [2.45, 2.75) is 18.9 Å². The van der Waals surface area contributed by atoms with Crippen LogP contribution in [0.2, 0.25) is 0 Å². The number of esters is 1. The summed E-state index contributed by atoms with van der Waals surface area (Å²) in [7, 11) is 3.18. The fourth-order valence-electron chi connectivity index (χ4n) is 2.24. The van der Waals surface area contributed by atoms with E-state index in [0.29, 0.717) is 13.0 Å². The monoisotopic (exact) mass is 329 g/mol. The summed E-state index contributed by atoms with van der Waals surface area (Å²) >= 11 is 0. The number of ether oxygens (including phenoxy) is 2. The Bertz CT molecular complexity index is 659. The average molecular weight is 329 g/mol. The van der Waals surface area contributed by atoms with Crippen LogP contribution in [0.4, 0.5) is 5.82 Å². The van der Waals surface area contributed by atoms with Crippen molar-refractivity contribution < 1.29 is 14.3 Å². The first-order chi connectivity index (χ1) is 11.6. The number of nitrogens with two attached hydrogens (primary N) is 1. The molecule has 1 heterocycles. The van der Waals surface area contributed by atoms with Gasteiger partial charge in [0.2, 0.25) is 0 Å². The van der Waals surface area contributed by atoms with Crippen LogP contribution in [0.3, 0.4) is 0 Å². The molecule has 0 saturated heterocycles. The van der Waals surface area contributed by atoms with Crippen LogP contribution in [0.1, 0.15) is 11.3 Å². The lowest BCUT2D eigenvalue weighted by Gasteiger charge is -2.10. The Hall–Kier alpha value is -2.60. The number of methoxy groups -OCH3 is 1. The predicted octanol–water partition coefficient (Wildman–Crippen LogP) is 1.79. The molecule has 3 N–H and O–H groups in total. The van der Waals surface area contributed by atoms with Crippen molar-refractivity contribution in [1.29, 1.82) is 0 Å². The standard InChI is InChI=1S/C18H23N3O3/c1-20-17-5-3-4-14(21-17)10-11-24-15-8-6-13(7-9-15)12-16(19)18(22)23-2/h3-9,16H,10-12,19H2,1-2H3,(H,20,21). The molecule has 24 heavy (non-hydrogen) atoms. The third-order valence-corrected chi connectivity index (χ3v) is 3.57. The highest BCUT2D eigenvalue weighted by atomic mass is 16.5. The lowest BCUT2D eigenvalue weighted by atomic mass is 10.1. The molecule has 2 rings (SSSR count). The highest BCUT2D eigenvalue weighted by Crippen LogP contribution is 2.14. The second kappa shape index (κ2) is 8.88. The van der Waals surface area contributed by atoms with E-state index >= 15 is 0 Å². The molecule has 6 heteroatoms. The zero-order valence-electron chi connectivity index (χ0n) is 14.0. The van der Waals surface area contributed by atoms with Gasteiger partial charge in [0.1, 0.15) is 17.6 Å². The Balaban J connectivity index is 1.82. The van der Waals surface area contributed by atoms with E-state index in [0.717, 1.165) is 29.2 Å². The number of pyridine rings is 1. The van der Waals surface area contributed by atoms with Crippen LogP contribution in [0.5, 0.6) is 5.75 Å². The van der Waals surface area contributed by atoms with Crippen molar-refractivity contribution in [2.75, 3.05) is 26.1 Å². The summed E-state index contributed by atoms with van der Waals surface area (Å²) < 4.78 is 10.3. The average Bonchev–Trinajstić information content (AvgIpc) is 2.62. The van der Waals surface area contributed by atoms with Crippen LogP contribution >= 0.6 is 0 Å². The first kappa shape index (κ1) is 17.7. The molecule has 0 aliphatic rings. The van der Waals surface area contributed by atoms with Gasteiger partial charge in [-0.05, 0) is 36.2 Å². The number of anilines is 1. The molecular formula is C18H23N3O3. The largest absolute Gasteiger partial charge is 0.493 e. The molecule has 128 valence electrons. The number of hydrogen-bond acceptors (Lipinski definition) is 6. The number of aromatic nitrogens is 1. The molecule has 0 radical (unpaired) electrons. The molecule has 1 aromatic carbocycles. The van der Waals surface area contributed by atoms with Crippen molar-refractivity contribution >= 4 is 11.8 Å². The van der Waals surface area contributed by atoms with Crippen molar-refractivity contribution in [3.63, 3.8) is 0 Å². The number of hydrogen-bond donors (Lipinski definition) is 2. The SMILES string of the molecule is CNc1cccc(CCOc2ccc(CC(N)C(=O)OC)cc2)n1. The second-order valence-electron chi connectivity index (χ2n) is 5.34. The van der Waals surface area contributed by atoms with E-state index in [-0.39, 0.29) is 0 Å². The maximum atomic E-state index is 11.3. The van der Waals surface area contributed by atoms with Crippen LogP contribution in [-0.4, -0.2) is 37.8 Å². The topological polar surface area (TPSA) is 86.5 Å². The van der Waals surface area contributed by atoms with Gasteiger partial charge in [0, 0.05) is 19.2 Å². The maximum Gasteiger partial charge on any atom is 0.322 e. The normalized spacial score (nSPS) is 11.6. The molecule has 0 aliphatic carbocycles. The fraction of sp³-hybridized carbons (Fsp3) is 0.333. The number of nitrogens with one attached hydrogen (secondary N) is 1. The van der Waals surface area contributed by atoms with Gasteiger partial charge in [0.25, 0.3) is 0 Å². The molecule has 0 amide bonds. The Labute approximate surface area is 142 Å². The summed E-state index contributed by atoms with van der Waals surface area (Å²) in [6.45, 7) is 0.543. The molecule has 1 atom stereocenters. The van der Waals surface area contributed by atoms with Crippen LogP contribution in [0.25, 0.3) is 0 Å². The highest BCUT2D eigenvalue weighted by Gasteiger charge is 2.14. The Morgan fingerprint density at radius 3 is 2.67 bits per heavy atom. The summed E-state index contributed by atoms with van der Waals surface area (Å²) in [4.78, 5) is 15.8. The quantitative estimate of drug-likeness (QED) is 0.718. The van der Waals surface area contributed by atoms with Gasteiger partial charge >= 0.3 is 5.97 Å². The third-order valence-electron chi connectivity index (χ3n) is 3.57. The first-order valence-corrected chi connectivity index (χ1v) is 7.81. The van der Waals surface area contributed by atoms with E-state index in [1.807, 2.05) is 49.5 Å². The smallest absolute Gasteiger partial charge is 0.322 e. The van der Waals surface area contributed by atoms with Gasteiger partial charge in [-0.2, -0.15) is 0 Å². The summed E-state index contributed by atoms with van der Waals surface area (Å²) in [6, 6.07) is 12.8. The van der Waals surface area contributed by atoms with Crippen LogP contribution in [0, 0.1) is 0 Å². The molecule has 6 nitrogen and oxygen atoms in total. The van der Waals surface area contributed by atoms with Crippen LogP contribution in [0.15, 0.2) is 42.5 Å². The first-order valence-electron chi connectivity index (χ1n) is 7.81. The van der Waals surface area contributed by atoms with E-state index in [1.54, 1.807) is 0 Å². The predicted molar refractivity (Wildman–Crippen MR) is 93.1 cm³/mol. The number of rotatable bonds is 8. The van der Waals surface area contributed by atoms with Gasteiger partial charge in [0.05, 0.1) is 13.7 Å². The van der Waals surface area contributed by atoms with E-state index in [4.69, 9.17) is 10.5 Å². The zero-order valence-corrected chi connectivity index (χ0v) is 14.0. The van der Waals surface area contributed by atoms with Gasteiger partial charge in [-0.15, -0.1) is 0 Å². The van der Waals surface area contributed by atoms with Crippen molar-refractivity contribution in [2.24, 2.45) is 5.73 Å². The van der Waals surface area contributed by atoms with E-state index in [1.165, 1.54) is 7.11 Å². The summed E-state index contributed by atoms with van der Waals surface area (Å²) in [5.41, 5.74) is 7.68. The summed E-state index contributed by atoms with van der Waals surface area (Å²) in [5, 5.41) is 3.01. The molecule has 0 spiro atoms. The van der Waals surface area contributed by atoms with Crippen molar-refractivity contribution in [3.05, 3.63) is 53.7 Å². The summed E-state index contributed by atoms with van der Waals surface area (Å²) in [5.74, 6) is 1.21. The molecule has 0 saturated carbocycles. The van der Waals surface area contributed by atoms with Crippen molar-refractivity contribution in [1.82, 2.24) is 4.98 Å². The fourth-order valence-corrected chi connectivity index (χ4v) is 2.24. The van der Waals surface area contributed by atoms with Gasteiger partial charge in [-0.3, -0.25) is 4.79 Å². The molecule has 0 bridgehead atoms. The lowest BCUT2D eigenvalue weighted by Crippen LogP contribution is -2.33. The maximum absolute atomic E-state index is 11.3. The van der Waals surface area contributed by atoms with Gasteiger partial charge < -0.3 is 20.5 Å². The van der Waals surface area contributed by atoms with Crippen LogP contribution in [-0.2, 0) is 22.4 Å². The number of benzene rings is 1. The Kier molecular flexibility index (Phi) is 6.57. The van der Waals surface area contributed by atoms with Crippen LogP contribution < -0.4 is 15.8 Å². The number of nitrogens with zero attached hydrogens (tertiary/aromatic N) is 1. The van der Waals surface area contributed by atoms with E-state index in [2.05, 4.69) is 15.0 Å². The molecule has 0 fully saturated rings. The Morgan fingerprint density at radius 1 is 1.25 bits per heavy atom. The highest BCUT2D eigenvalue weighted by molar-refractivity contribution is 5.75. The molecule has 1 aromatic heterocycles. The minimum Gasteiger partial charge on any atom is -0.493 e. The van der Waals surface area contributed by atoms with Crippen molar-refractivity contribution in [3.8, 4) is 5.75 Å². The molecular weight excluding hydrogens is 306 g/mol. The van der Waals surface area contributed by atoms with E-state index in [9.17, 15) is 4.79 Å². The minimum atomic E-state index is -0.646. The lowest BCUT2D eigenvalue weighted by molar-refractivity contribution is -0.142. The minimum absolute atomic E-state index is 0.411. The second-order valence-corrected chi connectivity index (χ2v) is 5.34. The molecule has 1 unspecified atom stereocenters. The van der Waals surface area contributed by atoms with Gasteiger partial charge in [0.15, 0.2) is 0 Å². The third kappa shape index (κ3) is 5.24. The molecule has 0 aliphatic heterocycles. The number of carbonyl (C=O) groups excluding carboxylic acids is 1. The van der Waals surface area contributed by atoms with Gasteiger partial charge in [-0.1, -0.05) is 18.2 Å². The van der Waals surface area contributed by atoms with E-state index < -0.39 is 12.0 Å². The van der Waals surface area contributed by atoms with Gasteiger partial charge in [-0.25, -0.2) is 4.98 Å². The molecule has 2 aromatic rings.